The molecule has 4 amide bonds. The highest BCUT2D eigenvalue weighted by molar-refractivity contribution is 7.13. The van der Waals surface area contributed by atoms with Gasteiger partial charge in [-0.3, -0.25) is 24.4 Å². The van der Waals surface area contributed by atoms with Gasteiger partial charge in [0.25, 0.3) is 0 Å². The number of ether oxygens (including phenoxy) is 5. The number of thiazole rings is 1. The van der Waals surface area contributed by atoms with Crippen molar-refractivity contribution in [2.75, 3.05) is 71.4 Å². The Morgan fingerprint density at radius 1 is 0.933 bits per heavy atom. The van der Waals surface area contributed by atoms with E-state index < -0.39 is 64.7 Å². The monoisotopic (exact) mass is 1240 g/mol. The zero-order valence-corrected chi connectivity index (χ0v) is 52.9. The van der Waals surface area contributed by atoms with Crippen LogP contribution >= 0.6 is 11.3 Å². The Kier molecular flexibility index (Phi) is 19.4. The SMILES string of the molecule is C#Cc1c(F)ccc2cc(OCOC)cc(-c3ncc4c(N5CCCCCN5C(=O)OC(C)(C)C)nc(OCC5(CN6CCC(OCC(=O)N[C@H](C(=O)N7C[C@H](O)C[C@H]7C(=O)N[C@@H](C)c7ccc(-c8scnc8C)cc7)C(C)(C)C)CC6)CC5)nc4c3F)c12. The van der Waals surface area contributed by atoms with Crippen LogP contribution in [0.1, 0.15) is 123 Å². The Hall–Kier alpha value is -7.62. The van der Waals surface area contributed by atoms with Crippen LogP contribution in [-0.2, 0) is 28.6 Å². The number of methoxy groups -OCH3 is 1. The first kappa shape index (κ1) is 64.4. The third-order valence-electron chi connectivity index (χ3n) is 16.9. The molecule has 89 heavy (non-hydrogen) atoms. The van der Waals surface area contributed by atoms with Gasteiger partial charge in [-0.25, -0.2) is 23.6 Å². The molecule has 0 radical (unpaired) electrons. The quantitative estimate of drug-likeness (QED) is 0.0507. The minimum atomic E-state index is -1.01. The number of aliphatic hydroxyl groups excluding tert-OH is 1. The van der Waals surface area contributed by atoms with Gasteiger partial charge in [0.15, 0.2) is 18.4 Å². The number of carbonyl (C=O) groups is 4. The van der Waals surface area contributed by atoms with Crippen molar-refractivity contribution in [1.82, 2.24) is 45.4 Å². The molecular formula is C66H80F2N10O10S. The van der Waals surface area contributed by atoms with E-state index in [9.17, 15) is 24.3 Å². The molecule has 0 spiro atoms. The summed E-state index contributed by atoms with van der Waals surface area (Å²) in [6, 6.07) is 11.4. The minimum Gasteiger partial charge on any atom is -0.468 e. The molecule has 10 rings (SSSR count). The number of piperidine rings is 1. The van der Waals surface area contributed by atoms with Gasteiger partial charge < -0.3 is 49.2 Å². The van der Waals surface area contributed by atoms with Crippen LogP contribution in [0.2, 0.25) is 0 Å². The molecular weight excluding hydrogens is 1160 g/mol. The van der Waals surface area contributed by atoms with Gasteiger partial charge in [-0.05, 0) is 120 Å². The topological polar surface area (TPSA) is 223 Å². The summed E-state index contributed by atoms with van der Waals surface area (Å²) in [5, 5.41) is 20.9. The van der Waals surface area contributed by atoms with Crippen molar-refractivity contribution in [1.29, 1.82) is 0 Å². The smallest absolute Gasteiger partial charge is 0.429 e. The predicted octanol–water partition coefficient (Wildman–Crippen LogP) is 9.67. The number of rotatable bonds is 19. The minimum absolute atomic E-state index is 0.0495. The Balaban J connectivity index is 0.796. The molecule has 3 aromatic heterocycles. The van der Waals surface area contributed by atoms with Crippen molar-refractivity contribution in [3.05, 3.63) is 88.7 Å². The lowest BCUT2D eigenvalue weighted by molar-refractivity contribution is -0.145. The van der Waals surface area contributed by atoms with E-state index in [1.54, 1.807) is 43.2 Å². The van der Waals surface area contributed by atoms with Crippen molar-refractivity contribution in [3.63, 3.8) is 0 Å². The summed E-state index contributed by atoms with van der Waals surface area (Å²) in [7, 11) is 1.47. The second-order valence-electron chi connectivity index (χ2n) is 25.9. The number of aliphatic hydroxyl groups is 1. The fraction of sp³-hybridized carbons (Fsp3) is 0.515. The number of halogens is 2. The van der Waals surface area contributed by atoms with Gasteiger partial charge in [-0.2, -0.15) is 9.97 Å². The van der Waals surface area contributed by atoms with Crippen LogP contribution in [0.4, 0.5) is 19.4 Å². The van der Waals surface area contributed by atoms with E-state index in [0.29, 0.717) is 69.5 Å². The maximum Gasteiger partial charge on any atom is 0.429 e. The van der Waals surface area contributed by atoms with Gasteiger partial charge in [-0.15, -0.1) is 17.8 Å². The van der Waals surface area contributed by atoms with Crippen LogP contribution in [0, 0.1) is 41.7 Å². The highest BCUT2D eigenvalue weighted by atomic mass is 32.1. The van der Waals surface area contributed by atoms with Crippen molar-refractivity contribution in [2.45, 2.75) is 143 Å². The molecule has 4 aliphatic rings. The third kappa shape index (κ3) is 14.8. The molecule has 6 aromatic rings. The van der Waals surface area contributed by atoms with Crippen molar-refractivity contribution in [3.8, 4) is 45.8 Å². The molecule has 23 heteroatoms. The Bertz CT molecular complexity index is 3630. The number of nitrogens with zero attached hydrogens (tertiary/aromatic N) is 8. The number of β-amino-alcohol motifs (C(OH)–C–C–N with tert-alkyl or cyclic N) is 1. The van der Waals surface area contributed by atoms with Crippen molar-refractivity contribution >= 4 is 62.6 Å². The summed E-state index contributed by atoms with van der Waals surface area (Å²) < 4.78 is 62.8. The zero-order valence-electron chi connectivity index (χ0n) is 52.1. The Morgan fingerprint density at radius 2 is 1.67 bits per heavy atom. The van der Waals surface area contributed by atoms with E-state index in [-0.39, 0.29) is 95.5 Å². The van der Waals surface area contributed by atoms with Crippen molar-refractivity contribution in [2.24, 2.45) is 10.8 Å². The van der Waals surface area contributed by atoms with Crippen LogP contribution in [0.3, 0.4) is 0 Å². The van der Waals surface area contributed by atoms with Gasteiger partial charge in [0, 0.05) is 75.4 Å². The van der Waals surface area contributed by atoms with E-state index in [1.807, 2.05) is 64.4 Å². The number of pyridine rings is 1. The first-order valence-corrected chi connectivity index (χ1v) is 31.4. The van der Waals surface area contributed by atoms with E-state index in [4.69, 9.17) is 40.1 Å². The van der Waals surface area contributed by atoms with E-state index in [0.717, 1.165) is 41.0 Å². The fourth-order valence-corrected chi connectivity index (χ4v) is 12.8. The highest BCUT2D eigenvalue weighted by Crippen LogP contribution is 2.47. The lowest BCUT2D eigenvalue weighted by atomic mass is 9.85. The standard InChI is InChI=1S/C66H80F2N10O10S/c1-11-47-50(67)20-19-43-29-46(87-38-84-10)31-48(53(43)47)55-54(68)56-49(32-69-55)59(77-25-13-12-14-26-78(77)63(83)88-65(7,8)9)74-62(73-56)86-36-66(23-24-66)35-75-27-21-45(22-28-75)85-34-52(80)72-58(64(4,5)6)61(82)76-33-44(79)30-51(76)60(81)71-39(2)41-15-17-42(18-16-41)57-40(3)70-37-89-57/h1,15-20,29,31-32,37,39,44-45,51,58,79H,12-14,21-28,30,33-36,38H2,2-10H3,(H,71,81)(H,72,80)/t39-,44+,51-,58+/m0/s1. The molecule has 4 atom stereocenters. The number of hydrazine groups is 1. The van der Waals surface area contributed by atoms with Crippen LogP contribution in [0.25, 0.3) is 43.4 Å². The maximum absolute atomic E-state index is 17.8. The van der Waals surface area contributed by atoms with E-state index in [1.165, 1.54) is 41.4 Å². The molecule has 6 heterocycles. The van der Waals surface area contributed by atoms with Crippen LogP contribution < -0.4 is 25.1 Å². The number of amides is 4. The van der Waals surface area contributed by atoms with Gasteiger partial charge in [-0.1, -0.05) is 57.0 Å². The molecule has 0 unspecified atom stereocenters. The number of carbonyl (C=O) groups excluding carboxylic acids is 4. The fourth-order valence-electron chi connectivity index (χ4n) is 12.0. The second kappa shape index (κ2) is 26.8. The summed E-state index contributed by atoms with van der Waals surface area (Å²) in [6.45, 7) is 17.2. The lowest BCUT2D eigenvalue weighted by Gasteiger charge is -2.36. The molecule has 20 nitrogen and oxygen atoms in total. The third-order valence-corrected chi connectivity index (χ3v) is 17.9. The molecule has 1 saturated carbocycles. The molecule has 3 saturated heterocycles. The van der Waals surface area contributed by atoms with Gasteiger partial charge in [0.1, 0.15) is 47.1 Å². The van der Waals surface area contributed by atoms with Crippen molar-refractivity contribution < 1.29 is 56.7 Å². The molecule has 3 aliphatic heterocycles. The average molecular weight is 1240 g/mol. The Labute approximate surface area is 522 Å². The first-order chi connectivity index (χ1) is 42.4. The summed E-state index contributed by atoms with van der Waals surface area (Å²) in [5.41, 5.74) is 2.58. The van der Waals surface area contributed by atoms with Crippen LogP contribution in [0.5, 0.6) is 11.8 Å². The average Bonchev–Trinajstić information content (AvgIpc) is 1.57. The number of benzene rings is 3. The molecule has 4 fully saturated rings. The summed E-state index contributed by atoms with van der Waals surface area (Å²) in [6.07, 6.45) is 10.8. The molecule has 3 aromatic carbocycles. The lowest BCUT2D eigenvalue weighted by Crippen LogP contribution is -2.58. The summed E-state index contributed by atoms with van der Waals surface area (Å²) in [4.78, 5) is 79.3. The number of nitrogens with one attached hydrogen (secondary N) is 2. The number of fused-ring (bicyclic) bond motifs is 2. The summed E-state index contributed by atoms with van der Waals surface area (Å²) >= 11 is 1.56. The zero-order chi connectivity index (χ0) is 63.5. The van der Waals surface area contributed by atoms with Gasteiger partial charge >= 0.3 is 12.1 Å². The number of terminal acetylenes is 1. The molecule has 3 N–H and O–H groups in total. The number of likely N-dealkylation sites (tertiary alicyclic amines) is 2. The van der Waals surface area contributed by atoms with Crippen LogP contribution in [0.15, 0.2) is 60.2 Å². The van der Waals surface area contributed by atoms with E-state index >= 15 is 8.78 Å². The highest BCUT2D eigenvalue weighted by Gasteiger charge is 2.47. The number of aryl methyl sites for hydroxylation is 1. The van der Waals surface area contributed by atoms with Gasteiger partial charge in [0.2, 0.25) is 17.7 Å². The second-order valence-corrected chi connectivity index (χ2v) is 26.8. The number of hydrogen-bond donors (Lipinski definition) is 3. The first-order valence-electron chi connectivity index (χ1n) is 30.5. The maximum atomic E-state index is 17.8. The number of anilines is 1. The molecule has 0 bridgehead atoms. The van der Waals surface area contributed by atoms with E-state index in [2.05, 4.69) is 31.4 Å². The predicted molar refractivity (Wildman–Crippen MR) is 334 cm³/mol. The normalized spacial score (nSPS) is 18.9. The summed E-state index contributed by atoms with van der Waals surface area (Å²) in [5.74, 6) is 0.0861. The molecule has 1 aliphatic carbocycles. The Morgan fingerprint density at radius 3 is 2.35 bits per heavy atom. The largest absolute Gasteiger partial charge is 0.468 e. The molecule has 474 valence electrons. The number of aromatic nitrogens is 4. The number of hydrogen-bond acceptors (Lipinski definition) is 17. The van der Waals surface area contributed by atoms with Crippen LogP contribution in [-0.4, -0.2) is 160 Å². The van der Waals surface area contributed by atoms with Gasteiger partial charge in [0.05, 0.1) is 51.9 Å².